The van der Waals surface area contributed by atoms with Crippen molar-refractivity contribution in [3.63, 3.8) is 0 Å². The Bertz CT molecular complexity index is 884. The Labute approximate surface area is 250 Å². The third kappa shape index (κ3) is 8.13. The Morgan fingerprint density at radius 3 is 0.949 bits per heavy atom. The van der Waals surface area contributed by atoms with Gasteiger partial charge in [-0.1, -0.05) is 179 Å². The monoisotopic (exact) mass is 576 g/mol. The maximum atomic E-state index is 2.71. The van der Waals surface area contributed by atoms with Crippen LogP contribution < -0.4 is 0 Å². The molecule has 0 aromatic heterocycles. The second-order valence-corrected chi connectivity index (χ2v) is 27.1. The van der Waals surface area contributed by atoms with Gasteiger partial charge in [-0.05, 0) is 65.9 Å². The molecule has 1 aromatic rings. The van der Waals surface area contributed by atoms with E-state index >= 15 is 0 Å². The zero-order valence-corrected chi connectivity index (χ0v) is 32.3. The summed E-state index contributed by atoms with van der Waals surface area (Å²) in [5.74, 6) is 0. The second-order valence-electron chi connectivity index (χ2n) is 19.3. The Morgan fingerprint density at radius 1 is 0.410 bits per heavy atom. The molecule has 0 saturated carbocycles. The van der Waals surface area contributed by atoms with Crippen LogP contribution in [0.15, 0.2) is 18.2 Å². The van der Waals surface area contributed by atoms with Gasteiger partial charge in [0.05, 0.1) is 0 Å². The number of benzene rings is 1. The van der Waals surface area contributed by atoms with E-state index in [4.69, 9.17) is 0 Å². The Morgan fingerprint density at radius 2 is 0.692 bits per heavy atom. The van der Waals surface area contributed by atoms with Gasteiger partial charge in [0.15, 0.2) is 0 Å². The minimum atomic E-state index is -0.242. The molecule has 0 atom stereocenters. The van der Waals surface area contributed by atoms with E-state index in [0.717, 1.165) is 0 Å². The van der Waals surface area contributed by atoms with E-state index in [0.29, 0.717) is 20.6 Å². The molecule has 0 bridgehead atoms. The number of hydrogen-bond acceptors (Lipinski definition) is 0. The quantitative estimate of drug-likeness (QED) is 0.306. The van der Waals surface area contributed by atoms with Gasteiger partial charge in [0.1, 0.15) is 0 Å². The zero-order valence-electron chi connectivity index (χ0n) is 30.5. The summed E-state index contributed by atoms with van der Waals surface area (Å²) in [4.78, 5) is 0. The lowest BCUT2D eigenvalue weighted by molar-refractivity contribution is -0.0444. The van der Waals surface area contributed by atoms with Crippen LogP contribution in [0.2, 0.25) is 0 Å². The van der Waals surface area contributed by atoms with Gasteiger partial charge >= 0.3 is 0 Å². The minimum Gasteiger partial charge on any atom is -0.0911 e. The summed E-state index contributed by atoms with van der Waals surface area (Å²) in [7, 11) is -0.456. The van der Waals surface area contributed by atoms with Gasteiger partial charge in [-0.3, -0.25) is 0 Å². The van der Waals surface area contributed by atoms with Crippen LogP contribution in [0.3, 0.4) is 0 Å². The summed E-state index contributed by atoms with van der Waals surface area (Å²) >= 11 is 0. The molecule has 0 heterocycles. The summed E-state index contributed by atoms with van der Waals surface area (Å²) in [6.45, 7) is 52.0. The summed E-state index contributed by atoms with van der Waals surface area (Å²) < 4.78 is 0. The van der Waals surface area contributed by atoms with Crippen molar-refractivity contribution in [3.8, 4) is 0 Å². The van der Waals surface area contributed by atoms with Gasteiger partial charge in [0, 0.05) is 5.41 Å². The summed E-state index contributed by atoms with van der Waals surface area (Å²) in [6, 6.07) is 7.84. The molecular weight excluding hydrogens is 506 g/mol. The molecule has 0 nitrogen and oxygen atoms in total. The van der Waals surface area contributed by atoms with Gasteiger partial charge in [0.2, 0.25) is 0 Å². The van der Waals surface area contributed by atoms with Gasteiger partial charge in [-0.2, -0.15) is 0 Å². The standard InChI is InChI=1S/C37H70P2/c1-30(2,3)37(31(4,5)6,32(7,8)9)29-23-22-27(25-38(33(10,11)12)34(13,14)15)28(24-29)26-39(35(16,17)18)36(19,20)21/h22-24H,25-26H2,1-21H3. The van der Waals surface area contributed by atoms with E-state index in [2.05, 4.69) is 164 Å². The Hall–Kier alpha value is 0.0800. The van der Waals surface area contributed by atoms with Gasteiger partial charge in [-0.25, -0.2) is 0 Å². The van der Waals surface area contributed by atoms with Gasteiger partial charge in [-0.15, -0.1) is 0 Å². The maximum absolute atomic E-state index is 2.71. The average Bonchev–Trinajstić information content (AvgIpc) is 2.57. The lowest BCUT2D eigenvalue weighted by Crippen LogP contribution is -2.58. The molecule has 0 spiro atoms. The lowest BCUT2D eigenvalue weighted by atomic mass is 9.42. The molecule has 0 amide bonds. The molecule has 0 aliphatic carbocycles. The van der Waals surface area contributed by atoms with Crippen LogP contribution in [0, 0.1) is 16.2 Å². The first-order valence-electron chi connectivity index (χ1n) is 15.5. The van der Waals surface area contributed by atoms with Crippen LogP contribution in [-0.4, -0.2) is 20.6 Å². The van der Waals surface area contributed by atoms with E-state index in [1.165, 1.54) is 12.3 Å². The first-order chi connectivity index (χ1) is 16.8. The Kier molecular flexibility index (Phi) is 10.7. The molecule has 0 unspecified atom stereocenters. The SMILES string of the molecule is CC(C)(C)P(Cc1ccc(C(C(C)(C)C)(C(C)(C)C)C(C)(C)C)cc1CP(C(C)(C)C)C(C)(C)C)C(C)(C)C. The van der Waals surface area contributed by atoms with Crippen LogP contribution in [0.5, 0.6) is 0 Å². The summed E-state index contributed by atoms with van der Waals surface area (Å²) in [6.07, 6.45) is 2.42. The molecule has 2 heteroatoms. The van der Waals surface area contributed by atoms with E-state index in [9.17, 15) is 0 Å². The number of hydrogen-bond donors (Lipinski definition) is 0. The molecule has 39 heavy (non-hydrogen) atoms. The minimum absolute atomic E-state index is 0.00525. The van der Waals surface area contributed by atoms with E-state index < -0.39 is 0 Å². The normalized spacial score (nSPS) is 15.5. The molecule has 1 aromatic carbocycles. The molecular formula is C37H70P2. The first kappa shape index (κ1) is 37.1. The third-order valence-electron chi connectivity index (χ3n) is 8.91. The fourth-order valence-electron chi connectivity index (χ4n) is 9.14. The molecule has 0 aliphatic heterocycles. The predicted molar refractivity (Wildman–Crippen MR) is 187 cm³/mol. The Balaban J connectivity index is 4.17. The summed E-state index contributed by atoms with van der Waals surface area (Å²) in [5, 5.41) is 1.23. The van der Waals surface area contributed by atoms with Crippen molar-refractivity contribution in [2.45, 2.75) is 184 Å². The van der Waals surface area contributed by atoms with Gasteiger partial charge in [0.25, 0.3) is 0 Å². The fraction of sp³-hybridized carbons (Fsp3) is 0.838. The molecule has 228 valence electrons. The van der Waals surface area contributed by atoms with Crippen LogP contribution in [-0.2, 0) is 17.7 Å². The first-order valence-corrected chi connectivity index (χ1v) is 18.5. The maximum Gasteiger partial charge on any atom is 0.00984 e. The van der Waals surface area contributed by atoms with Crippen molar-refractivity contribution in [1.82, 2.24) is 0 Å². The zero-order chi connectivity index (χ0) is 31.4. The van der Waals surface area contributed by atoms with Crippen LogP contribution in [0.25, 0.3) is 0 Å². The second kappa shape index (κ2) is 11.3. The molecule has 1 rings (SSSR count). The lowest BCUT2D eigenvalue weighted by Gasteiger charge is -2.62. The van der Waals surface area contributed by atoms with Crippen LogP contribution >= 0.6 is 15.8 Å². The van der Waals surface area contributed by atoms with Crippen LogP contribution in [0.4, 0.5) is 0 Å². The van der Waals surface area contributed by atoms with Crippen molar-refractivity contribution in [1.29, 1.82) is 0 Å². The van der Waals surface area contributed by atoms with E-state index in [1.807, 2.05) is 0 Å². The molecule has 0 N–H and O–H groups in total. The molecule has 0 fully saturated rings. The highest BCUT2D eigenvalue weighted by atomic mass is 31.1. The highest BCUT2D eigenvalue weighted by molar-refractivity contribution is 7.60. The van der Waals surface area contributed by atoms with Gasteiger partial charge < -0.3 is 0 Å². The smallest absolute Gasteiger partial charge is 0.00984 e. The van der Waals surface area contributed by atoms with Crippen LogP contribution in [0.1, 0.15) is 162 Å². The van der Waals surface area contributed by atoms with E-state index in [1.54, 1.807) is 16.7 Å². The topological polar surface area (TPSA) is 0 Å². The van der Waals surface area contributed by atoms with Crippen molar-refractivity contribution in [3.05, 3.63) is 34.9 Å². The van der Waals surface area contributed by atoms with Crippen molar-refractivity contribution < 1.29 is 0 Å². The predicted octanol–water partition coefficient (Wildman–Crippen LogP) is 13.2. The average molecular weight is 577 g/mol. The van der Waals surface area contributed by atoms with Crippen molar-refractivity contribution >= 4 is 15.8 Å². The highest BCUT2D eigenvalue weighted by Crippen LogP contribution is 2.66. The largest absolute Gasteiger partial charge is 0.0911 e. The molecule has 0 radical (unpaired) electrons. The van der Waals surface area contributed by atoms with Crippen molar-refractivity contribution in [2.24, 2.45) is 16.2 Å². The highest BCUT2D eigenvalue weighted by Gasteiger charge is 2.58. The van der Waals surface area contributed by atoms with Crippen molar-refractivity contribution in [2.75, 3.05) is 0 Å². The third-order valence-corrected chi connectivity index (χ3v) is 16.7. The summed E-state index contributed by atoms with van der Waals surface area (Å²) in [5.41, 5.74) is 5.10. The number of rotatable bonds is 5. The molecule has 0 saturated heterocycles. The molecule has 0 aliphatic rings. The fourth-order valence-corrected chi connectivity index (χ4v) is 16.3. The van der Waals surface area contributed by atoms with E-state index in [-0.39, 0.29) is 37.5 Å².